The lowest BCUT2D eigenvalue weighted by atomic mass is 9.91. The molecule has 0 saturated carbocycles. The standard InChI is InChI=1S/C26H43N3O3/c1-18(2)23-10-9-22(15-19(23)3)32-20(4)25(31)29-13-11-21(12-14-29)24(30)27-16-26(5,6)17-28(7)8/h9-10,15,18,20-21H,11-14,16-17H2,1-8H3,(H,27,30). The molecule has 6 nitrogen and oxygen atoms in total. The summed E-state index contributed by atoms with van der Waals surface area (Å²) in [4.78, 5) is 29.5. The fourth-order valence-corrected chi connectivity index (χ4v) is 4.63. The normalized spacial score (nSPS) is 16.4. The van der Waals surface area contributed by atoms with Gasteiger partial charge in [-0.25, -0.2) is 0 Å². The van der Waals surface area contributed by atoms with E-state index in [9.17, 15) is 9.59 Å². The van der Waals surface area contributed by atoms with Crippen molar-refractivity contribution in [1.82, 2.24) is 15.1 Å². The van der Waals surface area contributed by atoms with Gasteiger partial charge in [-0.3, -0.25) is 9.59 Å². The van der Waals surface area contributed by atoms with Gasteiger partial charge in [-0.05, 0) is 75.4 Å². The summed E-state index contributed by atoms with van der Waals surface area (Å²) >= 11 is 0. The van der Waals surface area contributed by atoms with Crippen molar-refractivity contribution in [1.29, 1.82) is 0 Å². The predicted octanol–water partition coefficient (Wildman–Crippen LogP) is 3.83. The number of ether oxygens (including phenoxy) is 1. The maximum atomic E-state index is 12.9. The lowest BCUT2D eigenvalue weighted by Crippen LogP contribution is -2.48. The van der Waals surface area contributed by atoms with Crippen LogP contribution in [0.15, 0.2) is 18.2 Å². The highest BCUT2D eigenvalue weighted by Gasteiger charge is 2.31. The zero-order valence-corrected chi connectivity index (χ0v) is 21.3. The Balaban J connectivity index is 1.82. The van der Waals surface area contributed by atoms with Gasteiger partial charge in [0.25, 0.3) is 5.91 Å². The molecule has 0 aromatic heterocycles. The van der Waals surface area contributed by atoms with E-state index in [0.717, 1.165) is 12.3 Å². The van der Waals surface area contributed by atoms with Gasteiger partial charge in [0, 0.05) is 32.1 Å². The van der Waals surface area contributed by atoms with E-state index in [1.165, 1.54) is 11.1 Å². The van der Waals surface area contributed by atoms with Crippen molar-refractivity contribution in [3.8, 4) is 5.75 Å². The molecule has 2 amide bonds. The molecule has 2 rings (SSSR count). The second kappa shape index (κ2) is 11.2. The van der Waals surface area contributed by atoms with Gasteiger partial charge in [-0.15, -0.1) is 0 Å². The largest absolute Gasteiger partial charge is 0.481 e. The van der Waals surface area contributed by atoms with E-state index in [1.807, 2.05) is 31.1 Å². The molecule has 1 atom stereocenters. The third-order valence-electron chi connectivity index (χ3n) is 6.19. The highest BCUT2D eigenvalue weighted by Crippen LogP contribution is 2.25. The van der Waals surface area contributed by atoms with Crippen LogP contribution in [-0.2, 0) is 9.59 Å². The maximum absolute atomic E-state index is 12.9. The van der Waals surface area contributed by atoms with Crippen molar-refractivity contribution < 1.29 is 14.3 Å². The van der Waals surface area contributed by atoms with Crippen molar-refractivity contribution >= 4 is 11.8 Å². The van der Waals surface area contributed by atoms with Gasteiger partial charge in [0.2, 0.25) is 5.91 Å². The number of nitrogens with zero attached hydrogens (tertiary/aromatic N) is 2. The van der Waals surface area contributed by atoms with Crippen LogP contribution >= 0.6 is 0 Å². The monoisotopic (exact) mass is 445 g/mol. The molecule has 1 aliphatic rings. The number of hydrogen-bond donors (Lipinski definition) is 1. The number of benzene rings is 1. The quantitative estimate of drug-likeness (QED) is 0.628. The van der Waals surface area contributed by atoms with Crippen LogP contribution in [0.4, 0.5) is 0 Å². The van der Waals surface area contributed by atoms with E-state index in [2.05, 4.69) is 50.9 Å². The average Bonchev–Trinajstić information content (AvgIpc) is 2.70. The Hall–Kier alpha value is -2.08. The van der Waals surface area contributed by atoms with Crippen LogP contribution in [0, 0.1) is 18.3 Å². The van der Waals surface area contributed by atoms with Crippen LogP contribution in [0.3, 0.4) is 0 Å². The summed E-state index contributed by atoms with van der Waals surface area (Å²) in [7, 11) is 4.09. The number of nitrogens with one attached hydrogen (secondary N) is 1. The first-order valence-electron chi connectivity index (χ1n) is 11.9. The third kappa shape index (κ3) is 7.51. The van der Waals surface area contributed by atoms with Gasteiger partial charge in [-0.1, -0.05) is 33.8 Å². The first kappa shape index (κ1) is 26.2. The predicted molar refractivity (Wildman–Crippen MR) is 130 cm³/mol. The van der Waals surface area contributed by atoms with Gasteiger partial charge in [-0.2, -0.15) is 0 Å². The molecule has 1 aromatic carbocycles. The summed E-state index contributed by atoms with van der Waals surface area (Å²) in [5, 5.41) is 3.12. The van der Waals surface area contributed by atoms with Gasteiger partial charge in [0.1, 0.15) is 5.75 Å². The molecule has 1 saturated heterocycles. The van der Waals surface area contributed by atoms with Crippen LogP contribution in [0.25, 0.3) is 0 Å². The Kier molecular flexibility index (Phi) is 9.14. The Morgan fingerprint density at radius 3 is 2.34 bits per heavy atom. The van der Waals surface area contributed by atoms with Crippen molar-refractivity contribution in [3.05, 3.63) is 29.3 Å². The van der Waals surface area contributed by atoms with Gasteiger partial charge in [0.05, 0.1) is 0 Å². The van der Waals surface area contributed by atoms with Crippen molar-refractivity contribution in [2.24, 2.45) is 11.3 Å². The lowest BCUT2D eigenvalue weighted by Gasteiger charge is -2.34. The molecule has 1 aliphatic heterocycles. The first-order valence-corrected chi connectivity index (χ1v) is 11.9. The maximum Gasteiger partial charge on any atom is 0.263 e. The van der Waals surface area contributed by atoms with E-state index in [0.29, 0.717) is 38.4 Å². The van der Waals surface area contributed by atoms with Gasteiger partial charge < -0.3 is 19.9 Å². The number of likely N-dealkylation sites (tertiary alicyclic amines) is 1. The number of piperidine rings is 1. The second-order valence-electron chi connectivity index (χ2n) is 10.7. The third-order valence-corrected chi connectivity index (χ3v) is 6.19. The Labute approximate surface area is 194 Å². The number of amides is 2. The summed E-state index contributed by atoms with van der Waals surface area (Å²) in [6, 6.07) is 6.03. The summed E-state index contributed by atoms with van der Waals surface area (Å²) in [5.74, 6) is 1.25. The van der Waals surface area contributed by atoms with E-state index >= 15 is 0 Å². The SMILES string of the molecule is Cc1cc(OC(C)C(=O)N2CCC(C(=O)NCC(C)(C)CN(C)C)CC2)ccc1C(C)C. The molecule has 1 unspecified atom stereocenters. The molecule has 6 heteroatoms. The molecule has 0 spiro atoms. The molecule has 1 N–H and O–H groups in total. The zero-order chi connectivity index (χ0) is 24.1. The number of rotatable bonds is 9. The van der Waals surface area contributed by atoms with Crippen LogP contribution in [0.5, 0.6) is 5.75 Å². The second-order valence-corrected chi connectivity index (χ2v) is 10.7. The molecule has 0 radical (unpaired) electrons. The molecule has 1 fully saturated rings. The Morgan fingerprint density at radius 2 is 1.81 bits per heavy atom. The van der Waals surface area contributed by atoms with E-state index in [-0.39, 0.29) is 23.1 Å². The minimum atomic E-state index is -0.545. The van der Waals surface area contributed by atoms with Crippen LogP contribution < -0.4 is 10.1 Å². The number of carbonyl (C=O) groups excluding carboxylic acids is 2. The summed E-state index contributed by atoms with van der Waals surface area (Å²) in [6.07, 6.45) is 0.845. The molecule has 180 valence electrons. The molecular weight excluding hydrogens is 402 g/mol. The fraction of sp³-hybridized carbons (Fsp3) is 0.692. The van der Waals surface area contributed by atoms with Crippen molar-refractivity contribution in [3.63, 3.8) is 0 Å². The summed E-state index contributed by atoms with van der Waals surface area (Å²) < 4.78 is 5.95. The fourth-order valence-electron chi connectivity index (χ4n) is 4.63. The van der Waals surface area contributed by atoms with E-state index < -0.39 is 6.10 Å². The average molecular weight is 446 g/mol. The number of carbonyl (C=O) groups is 2. The first-order chi connectivity index (χ1) is 14.9. The van der Waals surface area contributed by atoms with Crippen LogP contribution in [0.1, 0.15) is 64.5 Å². The molecular formula is C26H43N3O3. The lowest BCUT2D eigenvalue weighted by molar-refractivity contribution is -0.141. The molecule has 0 bridgehead atoms. The highest BCUT2D eigenvalue weighted by atomic mass is 16.5. The smallest absolute Gasteiger partial charge is 0.263 e. The van der Waals surface area contributed by atoms with Gasteiger partial charge in [0.15, 0.2) is 6.10 Å². The van der Waals surface area contributed by atoms with Crippen LogP contribution in [0.2, 0.25) is 0 Å². The topological polar surface area (TPSA) is 61.9 Å². The Bertz CT molecular complexity index is 781. The van der Waals surface area contributed by atoms with Gasteiger partial charge >= 0.3 is 0 Å². The molecule has 32 heavy (non-hydrogen) atoms. The van der Waals surface area contributed by atoms with Crippen molar-refractivity contribution in [2.75, 3.05) is 40.3 Å². The minimum absolute atomic E-state index is 0.0124. The summed E-state index contributed by atoms with van der Waals surface area (Å²) in [6.45, 7) is 15.3. The molecule has 1 aromatic rings. The van der Waals surface area contributed by atoms with Crippen LogP contribution in [-0.4, -0.2) is 68.0 Å². The highest BCUT2D eigenvalue weighted by molar-refractivity contribution is 5.82. The Morgan fingerprint density at radius 1 is 1.19 bits per heavy atom. The minimum Gasteiger partial charge on any atom is -0.481 e. The summed E-state index contributed by atoms with van der Waals surface area (Å²) in [5.41, 5.74) is 2.49. The number of hydrogen-bond acceptors (Lipinski definition) is 4. The van der Waals surface area contributed by atoms with E-state index in [1.54, 1.807) is 6.92 Å². The zero-order valence-electron chi connectivity index (χ0n) is 21.3. The molecule has 0 aliphatic carbocycles. The van der Waals surface area contributed by atoms with Crippen molar-refractivity contribution in [2.45, 2.75) is 66.4 Å². The van der Waals surface area contributed by atoms with E-state index in [4.69, 9.17) is 4.74 Å². The number of aryl methyl sites for hydroxylation is 1. The molecule has 1 heterocycles.